The second kappa shape index (κ2) is 64.1. The maximum atomic E-state index is 13.0. The van der Waals surface area contributed by atoms with E-state index in [-0.39, 0.29) is 25.7 Å². The Bertz CT molecular complexity index is 1770. The highest BCUT2D eigenvalue weighted by Crippen LogP contribution is 2.45. The van der Waals surface area contributed by atoms with Crippen LogP contribution >= 0.6 is 15.6 Å². The van der Waals surface area contributed by atoms with Gasteiger partial charge in [-0.1, -0.05) is 318 Å². The number of carbonyl (C=O) groups is 4. The van der Waals surface area contributed by atoms with Crippen molar-refractivity contribution in [2.24, 2.45) is 11.8 Å². The standard InChI is InChI=1S/C72H140O17P2/c1-7-10-12-14-16-18-19-20-21-22-23-24-25-26-32-38-44-50-56-71(76)88-67(60-83-70(75)55-49-43-37-31-28-27-30-35-41-47-53-65(6)9-3)62-86-90(78,79)84-58-66(73)59-85-91(80,81)87-63-68(61-82-69(74)54-48-42-36-29-17-15-13-11-8-2)89-72(77)57-51-45-39-33-34-40-46-52-64(4)5/h64-68,73H,7-63H2,1-6H3,(H,78,79)(H,80,81)/t65?,66-,67-,68-/m1/s1. The van der Waals surface area contributed by atoms with Gasteiger partial charge in [-0.3, -0.25) is 37.3 Å². The van der Waals surface area contributed by atoms with Crippen molar-refractivity contribution in [1.29, 1.82) is 0 Å². The maximum Gasteiger partial charge on any atom is 0.472 e. The predicted molar refractivity (Wildman–Crippen MR) is 368 cm³/mol. The third kappa shape index (κ3) is 65.1. The molecule has 19 heteroatoms. The molecule has 0 aliphatic rings. The molecule has 0 rings (SSSR count). The Labute approximate surface area is 556 Å². The molecule has 0 radical (unpaired) electrons. The van der Waals surface area contributed by atoms with Crippen LogP contribution in [0.5, 0.6) is 0 Å². The average Bonchev–Trinajstić information content (AvgIpc) is 3.68. The summed E-state index contributed by atoms with van der Waals surface area (Å²) in [5, 5.41) is 10.6. The van der Waals surface area contributed by atoms with Crippen LogP contribution in [-0.2, 0) is 65.4 Å². The maximum absolute atomic E-state index is 13.0. The number of ether oxygens (including phenoxy) is 4. The summed E-state index contributed by atoms with van der Waals surface area (Å²) in [4.78, 5) is 72.5. The highest BCUT2D eigenvalue weighted by molar-refractivity contribution is 7.47. The number of esters is 4. The van der Waals surface area contributed by atoms with E-state index < -0.39 is 97.5 Å². The van der Waals surface area contributed by atoms with Crippen LogP contribution in [0.15, 0.2) is 0 Å². The minimum atomic E-state index is -4.95. The fraction of sp³-hybridized carbons (Fsp3) is 0.944. The number of phosphoric acid groups is 2. The molecule has 0 fully saturated rings. The van der Waals surface area contributed by atoms with Crippen molar-refractivity contribution in [3.8, 4) is 0 Å². The molecule has 3 unspecified atom stereocenters. The molecule has 0 bridgehead atoms. The van der Waals surface area contributed by atoms with Gasteiger partial charge in [0.2, 0.25) is 0 Å². The molecule has 0 saturated heterocycles. The van der Waals surface area contributed by atoms with E-state index in [1.165, 1.54) is 186 Å². The predicted octanol–water partition coefficient (Wildman–Crippen LogP) is 20.8. The second-order valence-electron chi connectivity index (χ2n) is 26.7. The number of aliphatic hydroxyl groups is 1. The highest BCUT2D eigenvalue weighted by atomic mass is 31.2. The summed E-state index contributed by atoms with van der Waals surface area (Å²) in [5.74, 6) is -0.619. The third-order valence-electron chi connectivity index (χ3n) is 17.1. The first-order valence-corrected chi connectivity index (χ1v) is 40.5. The van der Waals surface area contributed by atoms with E-state index in [2.05, 4.69) is 41.5 Å². The van der Waals surface area contributed by atoms with Crippen molar-refractivity contribution >= 4 is 39.5 Å². The second-order valence-corrected chi connectivity index (χ2v) is 29.6. The van der Waals surface area contributed by atoms with E-state index >= 15 is 0 Å². The summed E-state index contributed by atoms with van der Waals surface area (Å²) >= 11 is 0. The molecule has 0 aromatic rings. The third-order valence-corrected chi connectivity index (χ3v) is 19.0. The molecule has 0 aliphatic heterocycles. The molecular formula is C72H140O17P2. The number of aliphatic hydroxyl groups excluding tert-OH is 1. The minimum Gasteiger partial charge on any atom is -0.462 e. The molecule has 540 valence electrons. The van der Waals surface area contributed by atoms with E-state index in [0.29, 0.717) is 31.6 Å². The summed E-state index contributed by atoms with van der Waals surface area (Å²) in [6, 6.07) is 0. The van der Waals surface area contributed by atoms with Crippen molar-refractivity contribution < 1.29 is 80.2 Å². The van der Waals surface area contributed by atoms with Crippen LogP contribution in [0.3, 0.4) is 0 Å². The van der Waals surface area contributed by atoms with E-state index in [9.17, 15) is 43.2 Å². The summed E-state index contributed by atoms with van der Waals surface area (Å²) < 4.78 is 68.3. The number of carbonyl (C=O) groups excluding carboxylic acids is 4. The zero-order chi connectivity index (χ0) is 67.2. The van der Waals surface area contributed by atoms with Crippen molar-refractivity contribution in [1.82, 2.24) is 0 Å². The first-order chi connectivity index (χ1) is 43.9. The lowest BCUT2D eigenvalue weighted by Gasteiger charge is -2.21. The van der Waals surface area contributed by atoms with Crippen LogP contribution < -0.4 is 0 Å². The van der Waals surface area contributed by atoms with Crippen LogP contribution in [-0.4, -0.2) is 96.7 Å². The van der Waals surface area contributed by atoms with Gasteiger partial charge in [-0.2, -0.15) is 0 Å². The van der Waals surface area contributed by atoms with Crippen LogP contribution in [0.25, 0.3) is 0 Å². The van der Waals surface area contributed by atoms with Gasteiger partial charge in [-0.25, -0.2) is 9.13 Å². The fourth-order valence-electron chi connectivity index (χ4n) is 10.9. The Hall–Kier alpha value is -1.94. The molecule has 0 aromatic carbocycles. The largest absolute Gasteiger partial charge is 0.472 e. The molecule has 3 N–H and O–H groups in total. The van der Waals surface area contributed by atoms with Crippen LogP contribution in [0.2, 0.25) is 0 Å². The van der Waals surface area contributed by atoms with Gasteiger partial charge in [-0.15, -0.1) is 0 Å². The lowest BCUT2D eigenvalue weighted by atomic mass is 9.99. The molecule has 0 aromatic heterocycles. The Kier molecular flexibility index (Phi) is 62.7. The number of rotatable bonds is 71. The number of hydrogen-bond donors (Lipinski definition) is 3. The number of phosphoric ester groups is 2. The highest BCUT2D eigenvalue weighted by Gasteiger charge is 2.30. The molecule has 17 nitrogen and oxygen atoms in total. The van der Waals surface area contributed by atoms with Crippen molar-refractivity contribution in [2.75, 3.05) is 39.6 Å². The average molecular weight is 1340 g/mol. The van der Waals surface area contributed by atoms with Crippen LogP contribution in [0, 0.1) is 11.8 Å². The molecular weight excluding hydrogens is 1200 g/mol. The van der Waals surface area contributed by atoms with Crippen molar-refractivity contribution in [3.63, 3.8) is 0 Å². The Morgan fingerprint density at radius 3 is 0.835 bits per heavy atom. The van der Waals surface area contributed by atoms with E-state index in [1.54, 1.807) is 0 Å². The van der Waals surface area contributed by atoms with Gasteiger partial charge in [0.1, 0.15) is 19.3 Å². The smallest absolute Gasteiger partial charge is 0.462 e. The lowest BCUT2D eigenvalue weighted by molar-refractivity contribution is -0.161. The Morgan fingerprint density at radius 2 is 0.560 bits per heavy atom. The summed E-state index contributed by atoms with van der Waals surface area (Å²) in [7, 11) is -9.90. The molecule has 0 saturated carbocycles. The topological polar surface area (TPSA) is 237 Å². The van der Waals surface area contributed by atoms with Gasteiger partial charge in [0.05, 0.1) is 26.4 Å². The number of unbranched alkanes of at least 4 members (excludes halogenated alkanes) is 40. The number of hydrogen-bond acceptors (Lipinski definition) is 15. The normalized spacial score (nSPS) is 14.4. The Morgan fingerprint density at radius 1 is 0.319 bits per heavy atom. The zero-order valence-electron chi connectivity index (χ0n) is 59.1. The summed E-state index contributed by atoms with van der Waals surface area (Å²) in [5.41, 5.74) is 0. The molecule has 6 atom stereocenters. The Balaban J connectivity index is 5.22. The molecule has 0 amide bonds. The molecule has 0 spiro atoms. The van der Waals surface area contributed by atoms with Crippen LogP contribution in [0.4, 0.5) is 0 Å². The van der Waals surface area contributed by atoms with Gasteiger partial charge in [-0.05, 0) is 37.5 Å². The van der Waals surface area contributed by atoms with Crippen molar-refractivity contribution in [3.05, 3.63) is 0 Å². The SMILES string of the molecule is CCCCCCCCCCCCCCCCCCCCC(=O)O[C@H](COC(=O)CCCCCCCCCCCCC(C)CC)COP(=O)(O)OC[C@@H](O)COP(=O)(O)OC[C@@H](COC(=O)CCCCCCCCCCC)OC(=O)CCCCCCCCCC(C)C. The van der Waals surface area contributed by atoms with E-state index in [4.69, 9.17) is 37.0 Å². The first kappa shape index (κ1) is 89.1. The van der Waals surface area contributed by atoms with Gasteiger partial charge in [0.25, 0.3) is 0 Å². The fourth-order valence-corrected chi connectivity index (χ4v) is 12.5. The lowest BCUT2D eigenvalue weighted by Crippen LogP contribution is -2.30. The quantitative estimate of drug-likeness (QED) is 0.0222. The minimum absolute atomic E-state index is 0.103. The van der Waals surface area contributed by atoms with Gasteiger partial charge in [0, 0.05) is 25.7 Å². The van der Waals surface area contributed by atoms with E-state index in [0.717, 1.165) is 95.8 Å². The van der Waals surface area contributed by atoms with Crippen LogP contribution in [0.1, 0.15) is 369 Å². The van der Waals surface area contributed by atoms with Crippen molar-refractivity contribution in [2.45, 2.75) is 387 Å². The zero-order valence-corrected chi connectivity index (χ0v) is 60.9. The summed E-state index contributed by atoms with van der Waals surface area (Å²) in [6.45, 7) is 9.51. The molecule has 0 aliphatic carbocycles. The van der Waals surface area contributed by atoms with Gasteiger partial charge >= 0.3 is 39.5 Å². The first-order valence-electron chi connectivity index (χ1n) is 37.5. The van der Waals surface area contributed by atoms with Gasteiger partial charge < -0.3 is 33.8 Å². The monoisotopic (exact) mass is 1340 g/mol. The molecule has 91 heavy (non-hydrogen) atoms. The van der Waals surface area contributed by atoms with E-state index in [1.807, 2.05) is 0 Å². The molecule has 0 heterocycles. The van der Waals surface area contributed by atoms with Gasteiger partial charge in [0.15, 0.2) is 12.2 Å². The summed E-state index contributed by atoms with van der Waals surface area (Å²) in [6.07, 6.45) is 50.0.